The van der Waals surface area contributed by atoms with Gasteiger partial charge in [-0.05, 0) is 148 Å². The van der Waals surface area contributed by atoms with Gasteiger partial charge in [0.2, 0.25) is 0 Å². The molecular formula is C81H142O17P2. The standard InChI is InChI=1S/C81H142O17P2/c1-5-9-13-17-21-25-29-33-36-37-40-42-46-50-54-58-62-66-79(84)92-72-77(98-81(86)68-64-60-56-52-48-44-39-35-31-27-23-19-15-11-7-3)74-96-100(89,90)94-70-75(82)69-93-99(87,88)95-73-76(71-91-78(83)65-61-57-53-49-45-41-32-28-24-20-16-12-8-4)97-80(85)67-63-59-55-51-47-43-38-34-30-26-22-18-14-10-6-2/h21-22,25-26,28,32-36,38-40,42,50,54,75-77,82H,5-20,23-24,27,29-31,37,41,43-49,51-53,55-74H2,1-4H3,(H,87,88)(H,89,90)/b25-21-,26-22-,32-28-,36-33-,38-34-,39-35-,42-40-,54-50-/t75-,76-,77-/m1/s1. The van der Waals surface area contributed by atoms with Crippen LogP contribution in [0.3, 0.4) is 0 Å². The lowest BCUT2D eigenvalue weighted by molar-refractivity contribution is -0.161. The van der Waals surface area contributed by atoms with Gasteiger partial charge in [-0.3, -0.25) is 37.3 Å². The molecule has 0 aromatic rings. The molecule has 0 amide bonds. The van der Waals surface area contributed by atoms with Crippen LogP contribution in [-0.2, 0) is 65.4 Å². The van der Waals surface area contributed by atoms with Crippen molar-refractivity contribution in [3.05, 3.63) is 97.2 Å². The lowest BCUT2D eigenvalue weighted by Gasteiger charge is -2.21. The molecule has 0 radical (unpaired) electrons. The number of rotatable bonds is 74. The van der Waals surface area contributed by atoms with Crippen molar-refractivity contribution in [2.75, 3.05) is 39.6 Å². The second-order valence-electron chi connectivity index (χ2n) is 26.3. The summed E-state index contributed by atoms with van der Waals surface area (Å²) in [5.74, 6) is -2.26. The van der Waals surface area contributed by atoms with Crippen molar-refractivity contribution in [2.24, 2.45) is 0 Å². The van der Waals surface area contributed by atoms with E-state index in [1.807, 2.05) is 12.2 Å². The monoisotopic (exact) mass is 1450 g/mol. The Labute approximate surface area is 607 Å². The summed E-state index contributed by atoms with van der Waals surface area (Å²) in [6.45, 7) is 4.73. The lowest BCUT2D eigenvalue weighted by atomic mass is 10.1. The molecule has 0 fully saturated rings. The highest BCUT2D eigenvalue weighted by Crippen LogP contribution is 2.45. The van der Waals surface area contributed by atoms with Gasteiger partial charge in [0.15, 0.2) is 12.2 Å². The molecule has 0 bridgehead atoms. The van der Waals surface area contributed by atoms with E-state index in [4.69, 9.17) is 37.0 Å². The Kier molecular flexibility index (Phi) is 70.4. The number of ether oxygens (including phenoxy) is 4. The molecule has 0 aromatic carbocycles. The number of hydrogen-bond donors (Lipinski definition) is 3. The molecule has 0 heterocycles. The van der Waals surface area contributed by atoms with E-state index in [1.165, 1.54) is 103 Å². The fourth-order valence-corrected chi connectivity index (χ4v) is 12.0. The summed E-state index contributed by atoms with van der Waals surface area (Å²) in [6.07, 6.45) is 76.8. The van der Waals surface area contributed by atoms with Crippen molar-refractivity contribution in [2.45, 2.75) is 354 Å². The van der Waals surface area contributed by atoms with E-state index < -0.39 is 97.5 Å². The van der Waals surface area contributed by atoms with E-state index in [2.05, 4.69) is 113 Å². The summed E-state index contributed by atoms with van der Waals surface area (Å²) < 4.78 is 68.5. The molecule has 100 heavy (non-hydrogen) atoms. The van der Waals surface area contributed by atoms with Crippen LogP contribution in [0.2, 0.25) is 0 Å². The van der Waals surface area contributed by atoms with Crippen LogP contribution in [0.5, 0.6) is 0 Å². The van der Waals surface area contributed by atoms with E-state index >= 15 is 0 Å². The summed E-state index contributed by atoms with van der Waals surface area (Å²) in [5.41, 5.74) is 0. The minimum atomic E-state index is -4.99. The maximum absolute atomic E-state index is 13.1. The first-order valence-electron chi connectivity index (χ1n) is 39.5. The highest BCUT2D eigenvalue weighted by Gasteiger charge is 2.30. The zero-order valence-corrected chi connectivity index (χ0v) is 64.9. The number of aliphatic hydroxyl groups is 1. The maximum atomic E-state index is 13.1. The number of hydrogen-bond acceptors (Lipinski definition) is 15. The number of carbonyl (C=O) groups excluding carboxylic acids is 4. The van der Waals surface area contributed by atoms with Crippen molar-refractivity contribution in [1.29, 1.82) is 0 Å². The molecule has 0 aromatic heterocycles. The first-order valence-corrected chi connectivity index (χ1v) is 42.5. The highest BCUT2D eigenvalue weighted by molar-refractivity contribution is 7.47. The van der Waals surface area contributed by atoms with Gasteiger partial charge < -0.3 is 33.8 Å². The van der Waals surface area contributed by atoms with Crippen molar-refractivity contribution in [3.63, 3.8) is 0 Å². The third-order valence-corrected chi connectivity index (χ3v) is 18.4. The fourth-order valence-electron chi connectivity index (χ4n) is 10.4. The Morgan fingerprint density at radius 3 is 0.830 bits per heavy atom. The van der Waals surface area contributed by atoms with Crippen LogP contribution < -0.4 is 0 Å². The topological polar surface area (TPSA) is 237 Å². The van der Waals surface area contributed by atoms with Crippen LogP contribution in [0.15, 0.2) is 97.2 Å². The highest BCUT2D eigenvalue weighted by atomic mass is 31.2. The van der Waals surface area contributed by atoms with Crippen LogP contribution >= 0.6 is 15.6 Å². The average molecular weight is 1450 g/mol. The van der Waals surface area contributed by atoms with Gasteiger partial charge in [0.25, 0.3) is 0 Å². The van der Waals surface area contributed by atoms with E-state index in [-0.39, 0.29) is 25.7 Å². The Morgan fingerprint density at radius 2 is 0.500 bits per heavy atom. The fraction of sp³-hybridized carbons (Fsp3) is 0.753. The summed E-state index contributed by atoms with van der Waals surface area (Å²) in [6, 6.07) is 0. The molecule has 2 unspecified atom stereocenters. The lowest BCUT2D eigenvalue weighted by Crippen LogP contribution is -2.30. The molecular weight excluding hydrogens is 1310 g/mol. The van der Waals surface area contributed by atoms with Crippen molar-refractivity contribution >= 4 is 39.5 Å². The minimum absolute atomic E-state index is 0.0735. The molecule has 0 aliphatic rings. The summed E-state index contributed by atoms with van der Waals surface area (Å²) >= 11 is 0. The third-order valence-electron chi connectivity index (χ3n) is 16.5. The second kappa shape index (κ2) is 73.3. The molecule has 5 atom stereocenters. The summed E-state index contributed by atoms with van der Waals surface area (Å²) in [5, 5.41) is 10.6. The van der Waals surface area contributed by atoms with Gasteiger partial charge >= 0.3 is 39.5 Å². The molecule has 0 aliphatic carbocycles. The molecule has 0 saturated carbocycles. The first-order chi connectivity index (χ1) is 48.7. The van der Waals surface area contributed by atoms with E-state index in [9.17, 15) is 43.2 Å². The average Bonchev–Trinajstić information content (AvgIpc) is 0.945. The van der Waals surface area contributed by atoms with Crippen LogP contribution in [0.25, 0.3) is 0 Å². The van der Waals surface area contributed by atoms with Crippen molar-refractivity contribution < 1.29 is 80.2 Å². The number of allylic oxidation sites excluding steroid dienone is 16. The van der Waals surface area contributed by atoms with Gasteiger partial charge in [0.1, 0.15) is 19.3 Å². The molecule has 0 saturated heterocycles. The normalized spacial score (nSPS) is 14.4. The number of aliphatic hydroxyl groups excluding tert-OH is 1. The van der Waals surface area contributed by atoms with Gasteiger partial charge in [-0.2, -0.15) is 0 Å². The minimum Gasteiger partial charge on any atom is -0.462 e. The van der Waals surface area contributed by atoms with Gasteiger partial charge in [0.05, 0.1) is 26.4 Å². The molecule has 19 heteroatoms. The van der Waals surface area contributed by atoms with Crippen LogP contribution in [0.4, 0.5) is 0 Å². The second-order valence-corrected chi connectivity index (χ2v) is 29.2. The smallest absolute Gasteiger partial charge is 0.462 e. The van der Waals surface area contributed by atoms with E-state index in [0.717, 1.165) is 148 Å². The van der Waals surface area contributed by atoms with Crippen LogP contribution in [0.1, 0.15) is 336 Å². The largest absolute Gasteiger partial charge is 0.472 e. The van der Waals surface area contributed by atoms with Crippen molar-refractivity contribution in [3.8, 4) is 0 Å². The first kappa shape index (κ1) is 96.0. The SMILES string of the molecule is CCCCC/C=C\C/C=C\C/C=C\C/C=C\CCCC(=O)OC[C@H](COP(=O)(O)OC[C@H](O)COP(=O)(O)OC[C@@H](COC(=O)CCCCCCC/C=C\CCCCCC)OC(=O)CCCCCCC/C=C\C/C=C\CCCCC)OC(=O)CCCCCCC/C=C\CCCCCCCC. The Morgan fingerprint density at radius 1 is 0.280 bits per heavy atom. The number of carbonyl (C=O) groups is 4. The Hall–Kier alpha value is -4.02. The number of phosphoric acid groups is 2. The van der Waals surface area contributed by atoms with Gasteiger partial charge in [-0.1, -0.05) is 260 Å². The van der Waals surface area contributed by atoms with E-state index in [0.29, 0.717) is 32.1 Å². The number of esters is 4. The summed E-state index contributed by atoms with van der Waals surface area (Å²) in [4.78, 5) is 72.9. The quantitative estimate of drug-likeness (QED) is 0.0169. The van der Waals surface area contributed by atoms with Gasteiger partial charge in [-0.25, -0.2) is 9.13 Å². The molecule has 0 rings (SSSR count). The predicted molar refractivity (Wildman–Crippen MR) is 409 cm³/mol. The van der Waals surface area contributed by atoms with Crippen molar-refractivity contribution in [1.82, 2.24) is 0 Å². The van der Waals surface area contributed by atoms with Gasteiger partial charge in [-0.15, -0.1) is 0 Å². The predicted octanol–water partition coefficient (Wildman–Crippen LogP) is 22.8. The molecule has 3 N–H and O–H groups in total. The van der Waals surface area contributed by atoms with Gasteiger partial charge in [0, 0.05) is 25.7 Å². The zero-order valence-electron chi connectivity index (χ0n) is 63.1. The van der Waals surface area contributed by atoms with E-state index in [1.54, 1.807) is 0 Å². The molecule has 0 spiro atoms. The molecule has 17 nitrogen and oxygen atoms in total. The molecule has 0 aliphatic heterocycles. The Balaban J connectivity index is 5.41. The Bertz CT molecular complexity index is 2270. The molecule has 578 valence electrons. The number of phosphoric ester groups is 2. The maximum Gasteiger partial charge on any atom is 0.472 e. The third kappa shape index (κ3) is 72.3. The van der Waals surface area contributed by atoms with Crippen LogP contribution in [-0.4, -0.2) is 96.7 Å². The summed E-state index contributed by atoms with van der Waals surface area (Å²) in [7, 11) is -9.97. The zero-order chi connectivity index (χ0) is 73.2. The number of unbranched alkanes of at least 4 members (excludes halogenated alkanes) is 32. The van der Waals surface area contributed by atoms with Crippen LogP contribution in [0, 0.1) is 0 Å².